The average Bonchev–Trinajstić information content (AvgIpc) is 2.32. The van der Waals surface area contributed by atoms with Crippen LogP contribution in [0.2, 0.25) is 0 Å². The van der Waals surface area contributed by atoms with Gasteiger partial charge in [-0.1, -0.05) is 24.3 Å². The number of ether oxygens (including phenoxy) is 1. The van der Waals surface area contributed by atoms with E-state index in [1.807, 2.05) is 31.3 Å². The molecular weight excluding hydrogens is 252 g/mol. The van der Waals surface area contributed by atoms with Crippen molar-refractivity contribution >= 4 is 10.0 Å². The third kappa shape index (κ3) is 5.59. The molecule has 0 atom stereocenters. The molecule has 0 fully saturated rings. The van der Waals surface area contributed by atoms with Crippen molar-refractivity contribution in [2.75, 3.05) is 27.3 Å². The summed E-state index contributed by atoms with van der Waals surface area (Å²) < 4.78 is 30.7. The molecule has 0 bridgehead atoms. The highest BCUT2D eigenvalue weighted by Crippen LogP contribution is 2.07. The van der Waals surface area contributed by atoms with Gasteiger partial charge in [-0.2, -0.15) is 0 Å². The highest BCUT2D eigenvalue weighted by molar-refractivity contribution is 7.88. The molecule has 1 rings (SSSR count). The average molecular weight is 272 g/mol. The van der Waals surface area contributed by atoms with Gasteiger partial charge in [-0.3, -0.25) is 0 Å². The van der Waals surface area contributed by atoms with Crippen LogP contribution in [0.4, 0.5) is 0 Å². The van der Waals surface area contributed by atoms with Crippen molar-refractivity contribution in [3.05, 3.63) is 35.4 Å². The monoisotopic (exact) mass is 272 g/mol. The second-order valence-corrected chi connectivity index (χ2v) is 5.80. The Morgan fingerprint density at radius 1 is 1.17 bits per heavy atom. The van der Waals surface area contributed by atoms with Gasteiger partial charge in [0.2, 0.25) is 10.0 Å². The summed E-state index contributed by atoms with van der Waals surface area (Å²) in [6.07, 6.45) is 0. The fraction of sp³-hybridized carbons (Fsp3) is 0.500. The molecule has 0 aliphatic heterocycles. The minimum Gasteiger partial charge on any atom is -0.383 e. The lowest BCUT2D eigenvalue weighted by Crippen LogP contribution is -2.28. The van der Waals surface area contributed by atoms with Gasteiger partial charge >= 0.3 is 0 Å². The maximum absolute atomic E-state index is 11.7. The van der Waals surface area contributed by atoms with Gasteiger partial charge in [-0.15, -0.1) is 0 Å². The summed E-state index contributed by atoms with van der Waals surface area (Å²) in [7, 11) is 0.132. The van der Waals surface area contributed by atoms with Crippen molar-refractivity contribution in [3.63, 3.8) is 0 Å². The van der Waals surface area contributed by atoms with Crippen LogP contribution in [0.5, 0.6) is 0 Å². The lowest BCUT2D eigenvalue weighted by atomic mass is 10.1. The molecular formula is C12H20N2O3S. The van der Waals surface area contributed by atoms with Crippen molar-refractivity contribution in [2.45, 2.75) is 12.3 Å². The molecule has 1 aromatic rings. The van der Waals surface area contributed by atoms with Gasteiger partial charge in [-0.25, -0.2) is 13.1 Å². The van der Waals surface area contributed by atoms with E-state index in [9.17, 15) is 8.42 Å². The topological polar surface area (TPSA) is 67.4 Å². The molecule has 0 saturated carbocycles. The van der Waals surface area contributed by atoms with Crippen molar-refractivity contribution in [1.82, 2.24) is 10.0 Å². The second-order valence-electron chi connectivity index (χ2n) is 3.99. The van der Waals surface area contributed by atoms with Gasteiger partial charge in [0.25, 0.3) is 0 Å². The molecule has 102 valence electrons. The predicted octanol–water partition coefficient (Wildman–Crippen LogP) is 0.472. The van der Waals surface area contributed by atoms with Crippen LogP contribution in [-0.2, 0) is 27.1 Å². The van der Waals surface area contributed by atoms with E-state index in [4.69, 9.17) is 4.74 Å². The van der Waals surface area contributed by atoms with Gasteiger partial charge in [-0.05, 0) is 18.2 Å². The number of sulfonamides is 1. The molecule has 0 unspecified atom stereocenters. The van der Waals surface area contributed by atoms with Crippen molar-refractivity contribution in [1.29, 1.82) is 0 Å². The van der Waals surface area contributed by atoms with Gasteiger partial charge in [0.05, 0.1) is 12.4 Å². The summed E-state index contributed by atoms with van der Waals surface area (Å²) in [4.78, 5) is 0. The Bertz CT molecular complexity index is 443. The van der Waals surface area contributed by atoms with E-state index >= 15 is 0 Å². The summed E-state index contributed by atoms with van der Waals surface area (Å²) in [5.41, 5.74) is 1.91. The Labute approximate surface area is 109 Å². The number of hydrogen-bond acceptors (Lipinski definition) is 4. The lowest BCUT2D eigenvalue weighted by Gasteiger charge is -2.07. The molecule has 6 heteroatoms. The first-order chi connectivity index (χ1) is 8.57. The summed E-state index contributed by atoms with van der Waals surface area (Å²) in [6, 6.07) is 7.53. The smallest absolute Gasteiger partial charge is 0.215 e. The molecule has 2 N–H and O–H groups in total. The number of hydrogen-bond donors (Lipinski definition) is 2. The Hall–Kier alpha value is -0.950. The van der Waals surface area contributed by atoms with E-state index in [1.54, 1.807) is 0 Å². The molecule has 0 spiro atoms. The number of methoxy groups -OCH3 is 1. The van der Waals surface area contributed by atoms with E-state index < -0.39 is 10.0 Å². The summed E-state index contributed by atoms with van der Waals surface area (Å²) in [6.45, 7) is 1.45. The minimum atomic E-state index is -3.28. The van der Waals surface area contributed by atoms with Crippen LogP contribution >= 0.6 is 0 Å². The number of rotatable bonds is 8. The Kier molecular flexibility index (Phi) is 6.28. The lowest BCUT2D eigenvalue weighted by molar-refractivity contribution is 0.204. The third-order valence-electron chi connectivity index (χ3n) is 2.39. The molecule has 0 saturated heterocycles. The highest BCUT2D eigenvalue weighted by Gasteiger charge is 2.10. The van der Waals surface area contributed by atoms with E-state index in [2.05, 4.69) is 10.0 Å². The molecule has 5 nitrogen and oxygen atoms in total. The third-order valence-corrected chi connectivity index (χ3v) is 3.75. The summed E-state index contributed by atoms with van der Waals surface area (Å²) in [5, 5.41) is 3.04. The Morgan fingerprint density at radius 3 is 2.33 bits per heavy atom. The zero-order valence-corrected chi connectivity index (χ0v) is 11.6. The van der Waals surface area contributed by atoms with E-state index in [0.717, 1.165) is 17.7 Å². The summed E-state index contributed by atoms with van der Waals surface area (Å²) in [5.74, 6) is -0.00342. The normalized spacial score (nSPS) is 11.7. The van der Waals surface area contributed by atoms with Crippen LogP contribution in [0.3, 0.4) is 0 Å². The largest absolute Gasteiger partial charge is 0.383 e. The van der Waals surface area contributed by atoms with Crippen molar-refractivity contribution in [2.24, 2.45) is 0 Å². The highest BCUT2D eigenvalue weighted by atomic mass is 32.2. The first-order valence-corrected chi connectivity index (χ1v) is 7.41. The SMILES string of the molecule is CNCc1ccc(CS(=O)(=O)NCCOC)cc1. The Balaban J connectivity index is 2.55. The van der Waals surface area contributed by atoms with Crippen LogP contribution in [0.15, 0.2) is 24.3 Å². The maximum Gasteiger partial charge on any atom is 0.215 e. The molecule has 0 aliphatic carbocycles. The molecule has 0 aromatic heterocycles. The molecule has 18 heavy (non-hydrogen) atoms. The van der Waals surface area contributed by atoms with Crippen molar-refractivity contribution < 1.29 is 13.2 Å². The van der Waals surface area contributed by atoms with E-state index in [0.29, 0.717) is 13.2 Å². The molecule has 1 aromatic carbocycles. The number of benzene rings is 1. The van der Waals surface area contributed by atoms with Gasteiger partial charge in [0, 0.05) is 20.2 Å². The number of nitrogens with one attached hydrogen (secondary N) is 2. The first-order valence-electron chi connectivity index (χ1n) is 5.76. The van der Waals surface area contributed by atoms with Crippen LogP contribution in [0, 0.1) is 0 Å². The quantitative estimate of drug-likeness (QED) is 0.675. The molecule has 0 aliphatic rings. The van der Waals surface area contributed by atoms with E-state index in [1.165, 1.54) is 7.11 Å². The zero-order valence-electron chi connectivity index (χ0n) is 10.8. The zero-order chi connectivity index (χ0) is 13.4. The fourth-order valence-corrected chi connectivity index (χ4v) is 2.65. The van der Waals surface area contributed by atoms with Crippen molar-refractivity contribution in [3.8, 4) is 0 Å². The minimum absolute atomic E-state index is 0.00342. The van der Waals surface area contributed by atoms with Gasteiger partial charge in [0.15, 0.2) is 0 Å². The standard InChI is InChI=1S/C12H20N2O3S/c1-13-9-11-3-5-12(6-4-11)10-18(15,16)14-7-8-17-2/h3-6,13-14H,7-10H2,1-2H3. The first kappa shape index (κ1) is 15.1. The predicted molar refractivity (Wildman–Crippen MR) is 71.7 cm³/mol. The van der Waals surface area contributed by atoms with Gasteiger partial charge in [0.1, 0.15) is 0 Å². The van der Waals surface area contributed by atoms with E-state index in [-0.39, 0.29) is 5.75 Å². The van der Waals surface area contributed by atoms with Crippen LogP contribution in [0.25, 0.3) is 0 Å². The molecule has 0 radical (unpaired) electrons. The van der Waals surface area contributed by atoms with Crippen LogP contribution in [-0.4, -0.2) is 35.7 Å². The fourth-order valence-electron chi connectivity index (χ4n) is 1.53. The maximum atomic E-state index is 11.7. The van der Waals surface area contributed by atoms with Gasteiger partial charge < -0.3 is 10.1 Å². The Morgan fingerprint density at radius 2 is 1.78 bits per heavy atom. The molecule has 0 amide bonds. The summed E-state index contributed by atoms with van der Waals surface area (Å²) >= 11 is 0. The second kappa shape index (κ2) is 7.48. The van der Waals surface area contributed by atoms with Crippen LogP contribution in [0.1, 0.15) is 11.1 Å². The van der Waals surface area contributed by atoms with Crippen LogP contribution < -0.4 is 10.0 Å². The molecule has 0 heterocycles.